The van der Waals surface area contributed by atoms with E-state index in [1.54, 1.807) is 7.11 Å². The molecule has 0 atom stereocenters. The lowest BCUT2D eigenvalue weighted by atomic mass is 10.1. The zero-order valence-corrected chi connectivity index (χ0v) is 25.7. The van der Waals surface area contributed by atoms with Gasteiger partial charge >= 0.3 is 0 Å². The number of fused-ring (bicyclic) bond motifs is 2. The second-order valence-corrected chi connectivity index (χ2v) is 12.2. The smallest absolute Gasteiger partial charge is 0.282 e. The standard InChI is InChI=1S/C34H42N4O2S/c1-6-36(19-12-20-38(3,4)21-22-39)33-23-26(24-34-35(2)30-15-10-11-16-32(30)41-34)29-18-17-28(40-5)25-31(29)37(33)27-13-8-7-9-14-27/h7-11,13-18,23-25,39H,6,12,19-22H2,1-5H3/q+2. The quantitative estimate of drug-likeness (QED) is 0.178. The van der Waals surface area contributed by atoms with Crippen LogP contribution in [-0.2, 0) is 0 Å². The van der Waals surface area contributed by atoms with E-state index >= 15 is 0 Å². The molecule has 7 heteroatoms. The summed E-state index contributed by atoms with van der Waals surface area (Å²) in [6, 6.07) is 27.9. The summed E-state index contributed by atoms with van der Waals surface area (Å²) in [7, 11) is 8.26. The minimum absolute atomic E-state index is 0.208. The van der Waals surface area contributed by atoms with Gasteiger partial charge in [0.1, 0.15) is 23.5 Å². The van der Waals surface area contributed by atoms with E-state index in [-0.39, 0.29) is 6.61 Å². The molecule has 0 radical (unpaired) electrons. The zero-order chi connectivity index (χ0) is 29.0. The second kappa shape index (κ2) is 12.6. The van der Waals surface area contributed by atoms with Crippen molar-refractivity contribution in [3.63, 3.8) is 0 Å². The lowest BCUT2D eigenvalue weighted by molar-refractivity contribution is -0.890. The Kier molecular flexibility index (Phi) is 8.88. The van der Waals surface area contributed by atoms with Crippen molar-refractivity contribution in [3.8, 4) is 11.4 Å². The third-order valence-electron chi connectivity index (χ3n) is 7.94. The van der Waals surface area contributed by atoms with Crippen LogP contribution < -0.4 is 19.1 Å². The average molecular weight is 571 g/mol. The molecule has 2 heterocycles. The summed E-state index contributed by atoms with van der Waals surface area (Å²) in [5.74, 6) is 1.99. The third-order valence-corrected chi connectivity index (χ3v) is 9.10. The van der Waals surface area contributed by atoms with Crippen LogP contribution in [0.3, 0.4) is 0 Å². The maximum absolute atomic E-state index is 9.51. The van der Waals surface area contributed by atoms with Crippen LogP contribution in [0.1, 0.15) is 18.9 Å². The minimum atomic E-state index is 0.208. The van der Waals surface area contributed by atoms with Crippen LogP contribution in [0.15, 0.2) is 88.8 Å². The summed E-state index contributed by atoms with van der Waals surface area (Å²) in [6.07, 6.45) is 3.35. The number of nitrogens with zero attached hydrogens (tertiary/aromatic N) is 4. The van der Waals surface area contributed by atoms with Crippen LogP contribution in [0.5, 0.6) is 5.75 Å². The van der Waals surface area contributed by atoms with Crippen LogP contribution in [0, 0.1) is 0 Å². The van der Waals surface area contributed by atoms with Crippen molar-refractivity contribution in [1.82, 2.24) is 0 Å². The largest absolute Gasteiger partial charge is 0.497 e. The Morgan fingerprint density at radius 3 is 2.46 bits per heavy atom. The van der Waals surface area contributed by atoms with E-state index in [1.165, 1.54) is 26.6 Å². The van der Waals surface area contributed by atoms with Crippen molar-refractivity contribution in [2.24, 2.45) is 0 Å². The summed E-state index contributed by atoms with van der Waals surface area (Å²) in [5, 5.41) is 11.9. The number of aliphatic hydroxyl groups excluding tert-OH is 1. The molecule has 0 saturated heterocycles. The van der Waals surface area contributed by atoms with Crippen LogP contribution in [0.25, 0.3) is 22.7 Å². The van der Waals surface area contributed by atoms with Gasteiger partial charge < -0.3 is 19.2 Å². The normalized spacial score (nSPS) is 14.1. The van der Waals surface area contributed by atoms with Crippen molar-refractivity contribution >= 4 is 40.2 Å². The number of methoxy groups -OCH3 is 1. The van der Waals surface area contributed by atoms with Gasteiger partial charge in [0, 0.05) is 35.9 Å². The number of likely N-dealkylation sites (N-methyl/N-ethyl adjacent to an activating group) is 1. The first-order valence-corrected chi connectivity index (χ1v) is 15.2. The molecule has 1 aliphatic rings. The number of hydrogen-bond acceptors (Lipinski definition) is 5. The number of aliphatic hydroxyl groups is 1. The van der Waals surface area contributed by atoms with Crippen molar-refractivity contribution in [3.05, 3.63) is 89.5 Å². The van der Waals surface area contributed by atoms with Crippen LogP contribution in [0.2, 0.25) is 0 Å². The second-order valence-electron chi connectivity index (χ2n) is 11.2. The molecule has 0 bridgehead atoms. The van der Waals surface area contributed by atoms with Gasteiger partial charge in [0.25, 0.3) is 5.82 Å². The molecule has 0 amide bonds. The van der Waals surface area contributed by atoms with E-state index in [0.29, 0.717) is 0 Å². The summed E-state index contributed by atoms with van der Waals surface area (Å²) in [5.41, 5.74) is 4.65. The molecule has 0 saturated carbocycles. The molecule has 5 rings (SSSR count). The predicted molar refractivity (Wildman–Crippen MR) is 172 cm³/mol. The van der Waals surface area contributed by atoms with E-state index in [0.717, 1.165) is 59.9 Å². The van der Waals surface area contributed by atoms with Gasteiger partial charge in [-0.25, -0.2) is 0 Å². The molecule has 214 valence electrons. The van der Waals surface area contributed by atoms with Crippen molar-refractivity contribution in [2.75, 3.05) is 70.8 Å². The number of quaternary nitrogens is 1. The molecule has 0 aliphatic carbocycles. The van der Waals surface area contributed by atoms with E-state index in [4.69, 9.17) is 4.74 Å². The molecule has 4 aromatic rings. The summed E-state index contributed by atoms with van der Waals surface area (Å²) in [4.78, 5) is 6.04. The van der Waals surface area contributed by atoms with Gasteiger partial charge in [0.15, 0.2) is 0 Å². The molecule has 3 aromatic carbocycles. The Morgan fingerprint density at radius 1 is 1.00 bits per heavy atom. The molecule has 1 aliphatic heterocycles. The first kappa shape index (κ1) is 29.0. The molecule has 1 aromatic heterocycles. The number of hydrogen-bond donors (Lipinski definition) is 1. The molecule has 6 nitrogen and oxygen atoms in total. The van der Waals surface area contributed by atoms with Gasteiger partial charge in [0.2, 0.25) is 0 Å². The molecular formula is C34H42N4O2S+2. The van der Waals surface area contributed by atoms with E-state index < -0.39 is 0 Å². The first-order chi connectivity index (χ1) is 19.8. The Bertz CT molecular complexity index is 1540. The molecule has 0 spiro atoms. The summed E-state index contributed by atoms with van der Waals surface area (Å²) < 4.78 is 8.90. The fraction of sp³-hybridized carbons (Fsp3) is 0.324. The monoisotopic (exact) mass is 570 g/mol. The Morgan fingerprint density at radius 2 is 1.76 bits per heavy atom. The summed E-state index contributed by atoms with van der Waals surface area (Å²) in [6.45, 7) is 6.00. The number of aromatic nitrogens is 1. The van der Waals surface area contributed by atoms with E-state index in [1.807, 2.05) is 11.8 Å². The number of thioether (sulfide) groups is 1. The highest BCUT2D eigenvalue weighted by atomic mass is 32.2. The number of para-hydroxylation sites is 2. The van der Waals surface area contributed by atoms with Gasteiger partial charge in [-0.2, -0.15) is 4.57 Å². The lowest BCUT2D eigenvalue weighted by Crippen LogP contribution is -2.45. The predicted octanol–water partition coefficient (Wildman–Crippen LogP) is 5.95. The Hall–Kier alpha value is -3.52. The van der Waals surface area contributed by atoms with Gasteiger partial charge in [-0.15, -0.1) is 0 Å². The Labute approximate surface area is 248 Å². The van der Waals surface area contributed by atoms with E-state index in [2.05, 4.69) is 127 Å². The van der Waals surface area contributed by atoms with Gasteiger partial charge in [-0.1, -0.05) is 42.1 Å². The highest BCUT2D eigenvalue weighted by molar-refractivity contribution is 8.03. The van der Waals surface area contributed by atoms with Crippen molar-refractivity contribution in [2.45, 2.75) is 18.2 Å². The van der Waals surface area contributed by atoms with Crippen molar-refractivity contribution in [1.29, 1.82) is 0 Å². The molecule has 1 N–H and O–H groups in total. The highest BCUT2D eigenvalue weighted by Crippen LogP contribution is 2.46. The maximum Gasteiger partial charge on any atom is 0.282 e. The highest BCUT2D eigenvalue weighted by Gasteiger charge is 2.27. The SMILES string of the molecule is CCN(CCC[N+](C)(C)CCO)c1cc(/C=C2\Sc3ccccc3N2C)c2ccc(OC)cc2[n+]1-c1ccccc1. The third kappa shape index (κ3) is 6.22. The molecule has 0 fully saturated rings. The lowest BCUT2D eigenvalue weighted by Gasteiger charge is -2.29. The van der Waals surface area contributed by atoms with Crippen LogP contribution in [0.4, 0.5) is 11.5 Å². The molecular weight excluding hydrogens is 528 g/mol. The van der Waals surface area contributed by atoms with Gasteiger partial charge in [-0.3, -0.25) is 4.90 Å². The fourth-order valence-electron chi connectivity index (χ4n) is 5.56. The average Bonchev–Trinajstić information content (AvgIpc) is 3.30. The van der Waals surface area contributed by atoms with E-state index in [9.17, 15) is 5.11 Å². The zero-order valence-electron chi connectivity index (χ0n) is 24.9. The fourth-order valence-corrected chi connectivity index (χ4v) is 6.66. The van der Waals surface area contributed by atoms with Crippen molar-refractivity contribution < 1.29 is 18.9 Å². The number of rotatable bonds is 11. The molecule has 41 heavy (non-hydrogen) atoms. The molecule has 0 unspecified atom stereocenters. The van der Waals surface area contributed by atoms with Crippen LogP contribution >= 0.6 is 11.8 Å². The number of anilines is 2. The topological polar surface area (TPSA) is 39.8 Å². The first-order valence-electron chi connectivity index (χ1n) is 14.4. The minimum Gasteiger partial charge on any atom is -0.497 e. The Balaban J connectivity index is 1.66. The number of benzene rings is 3. The number of pyridine rings is 1. The van der Waals surface area contributed by atoms with Gasteiger partial charge in [-0.05, 0) is 55.0 Å². The van der Waals surface area contributed by atoms with Gasteiger partial charge in [0.05, 0.1) is 58.2 Å². The number of ether oxygens (including phenoxy) is 1. The summed E-state index contributed by atoms with van der Waals surface area (Å²) >= 11 is 1.82. The maximum atomic E-state index is 9.51. The van der Waals surface area contributed by atoms with Crippen LogP contribution in [-0.4, -0.2) is 70.6 Å².